The smallest absolute Gasteiger partial charge is 0.263 e. The van der Waals surface area contributed by atoms with E-state index in [-0.39, 0.29) is 4.90 Å². The van der Waals surface area contributed by atoms with Crippen LogP contribution in [0.15, 0.2) is 27.6 Å². The van der Waals surface area contributed by atoms with Crippen molar-refractivity contribution in [2.24, 2.45) is 7.05 Å². The maximum Gasteiger partial charge on any atom is 0.263 e. The molecule has 0 amide bonds. The van der Waals surface area contributed by atoms with Crippen LogP contribution in [0, 0.1) is 13.8 Å². The molecule has 0 bridgehead atoms. The number of hydrogen-bond acceptors (Lipinski definition) is 4. The molecule has 1 aromatic carbocycles. The molecule has 0 aliphatic heterocycles. The zero-order valence-electron chi connectivity index (χ0n) is 11.3. The van der Waals surface area contributed by atoms with Crippen LogP contribution in [0.3, 0.4) is 0 Å². The molecule has 108 valence electrons. The first-order valence-corrected chi connectivity index (χ1v) is 8.08. The molecule has 0 radical (unpaired) electrons. The standard InChI is InChI=1S/C12H15BrN4O2S/c1-7-12(8(2)17(3)15-7)16-20(18,19)11-5-4-9(14)6-10(11)13/h4-6,16H,14H2,1-3H3. The Morgan fingerprint density at radius 3 is 2.50 bits per heavy atom. The summed E-state index contributed by atoms with van der Waals surface area (Å²) < 4.78 is 29.5. The summed E-state index contributed by atoms with van der Waals surface area (Å²) in [5, 5.41) is 4.18. The van der Waals surface area contributed by atoms with E-state index in [0.29, 0.717) is 21.5 Å². The van der Waals surface area contributed by atoms with Crippen molar-refractivity contribution in [1.29, 1.82) is 0 Å². The molecule has 3 N–H and O–H groups in total. The summed E-state index contributed by atoms with van der Waals surface area (Å²) in [4.78, 5) is 0.134. The quantitative estimate of drug-likeness (QED) is 0.822. The van der Waals surface area contributed by atoms with Gasteiger partial charge in [-0.2, -0.15) is 5.10 Å². The van der Waals surface area contributed by atoms with Gasteiger partial charge in [-0.15, -0.1) is 0 Å². The second kappa shape index (κ2) is 5.10. The Kier molecular flexibility index (Phi) is 3.79. The molecule has 0 fully saturated rings. The van der Waals surface area contributed by atoms with Crippen LogP contribution in [-0.2, 0) is 17.1 Å². The van der Waals surface area contributed by atoms with E-state index >= 15 is 0 Å². The van der Waals surface area contributed by atoms with Crippen LogP contribution in [-0.4, -0.2) is 18.2 Å². The highest BCUT2D eigenvalue weighted by molar-refractivity contribution is 9.10. The van der Waals surface area contributed by atoms with Gasteiger partial charge in [-0.05, 0) is 48.0 Å². The lowest BCUT2D eigenvalue weighted by atomic mass is 10.3. The summed E-state index contributed by atoms with van der Waals surface area (Å²) in [6.45, 7) is 3.55. The summed E-state index contributed by atoms with van der Waals surface area (Å²) in [7, 11) is -1.94. The predicted molar refractivity (Wildman–Crippen MR) is 82.0 cm³/mol. The number of nitrogens with zero attached hydrogens (tertiary/aromatic N) is 2. The average molecular weight is 359 g/mol. The molecule has 0 aliphatic rings. The van der Waals surface area contributed by atoms with Gasteiger partial charge in [0.05, 0.1) is 17.1 Å². The summed E-state index contributed by atoms with van der Waals surface area (Å²) in [6, 6.07) is 4.56. The molecule has 2 aromatic rings. The van der Waals surface area contributed by atoms with Gasteiger partial charge >= 0.3 is 0 Å². The van der Waals surface area contributed by atoms with E-state index in [0.717, 1.165) is 5.69 Å². The normalized spacial score (nSPS) is 11.6. The SMILES string of the molecule is Cc1nn(C)c(C)c1NS(=O)(=O)c1ccc(N)cc1Br. The van der Waals surface area contributed by atoms with Crippen molar-refractivity contribution in [2.75, 3.05) is 10.5 Å². The summed E-state index contributed by atoms with van der Waals surface area (Å²) in [6.07, 6.45) is 0. The Balaban J connectivity index is 2.46. The van der Waals surface area contributed by atoms with Crippen LogP contribution >= 0.6 is 15.9 Å². The van der Waals surface area contributed by atoms with Crippen molar-refractivity contribution in [2.45, 2.75) is 18.7 Å². The third kappa shape index (κ3) is 2.66. The minimum atomic E-state index is -3.70. The van der Waals surface area contributed by atoms with Crippen molar-refractivity contribution in [3.63, 3.8) is 0 Å². The first-order chi connectivity index (χ1) is 9.22. The van der Waals surface area contributed by atoms with Gasteiger partial charge in [-0.25, -0.2) is 8.42 Å². The zero-order valence-corrected chi connectivity index (χ0v) is 13.7. The monoisotopic (exact) mass is 358 g/mol. The highest BCUT2D eigenvalue weighted by atomic mass is 79.9. The fourth-order valence-corrected chi connectivity index (χ4v) is 4.12. The largest absolute Gasteiger partial charge is 0.399 e. The summed E-state index contributed by atoms with van der Waals surface area (Å²) >= 11 is 3.22. The van der Waals surface area contributed by atoms with Crippen LogP contribution in [0.2, 0.25) is 0 Å². The van der Waals surface area contributed by atoms with Gasteiger partial charge in [0, 0.05) is 17.2 Å². The first kappa shape index (κ1) is 14.9. The first-order valence-electron chi connectivity index (χ1n) is 5.80. The Morgan fingerprint density at radius 1 is 1.35 bits per heavy atom. The molecule has 0 spiro atoms. The molecule has 0 unspecified atom stereocenters. The Labute approximate surface area is 126 Å². The van der Waals surface area contributed by atoms with Crippen molar-refractivity contribution >= 4 is 37.3 Å². The second-order valence-electron chi connectivity index (χ2n) is 4.46. The Morgan fingerprint density at radius 2 is 2.00 bits per heavy atom. The highest BCUT2D eigenvalue weighted by Gasteiger charge is 2.21. The van der Waals surface area contributed by atoms with Crippen LogP contribution in [0.1, 0.15) is 11.4 Å². The van der Waals surface area contributed by atoms with E-state index in [1.54, 1.807) is 37.7 Å². The highest BCUT2D eigenvalue weighted by Crippen LogP contribution is 2.28. The van der Waals surface area contributed by atoms with E-state index in [1.807, 2.05) is 0 Å². The van der Waals surface area contributed by atoms with Crippen LogP contribution < -0.4 is 10.5 Å². The number of sulfonamides is 1. The maximum atomic E-state index is 12.4. The van der Waals surface area contributed by atoms with Gasteiger partial charge < -0.3 is 5.73 Å². The van der Waals surface area contributed by atoms with E-state index < -0.39 is 10.0 Å². The second-order valence-corrected chi connectivity index (χ2v) is 6.97. The van der Waals surface area contributed by atoms with Crippen molar-refractivity contribution < 1.29 is 8.42 Å². The van der Waals surface area contributed by atoms with Gasteiger partial charge in [-0.1, -0.05) is 0 Å². The topological polar surface area (TPSA) is 90.0 Å². The molecule has 0 aliphatic carbocycles. The minimum absolute atomic E-state index is 0.134. The predicted octanol–water partition coefficient (Wildman–Crippen LogP) is 2.18. The number of aromatic nitrogens is 2. The number of benzene rings is 1. The molecule has 0 saturated heterocycles. The summed E-state index contributed by atoms with van der Waals surface area (Å²) in [5.41, 5.74) is 7.98. The lowest BCUT2D eigenvalue weighted by molar-refractivity contribution is 0.600. The molecular formula is C12H15BrN4O2S. The number of hydrogen-bond donors (Lipinski definition) is 2. The van der Waals surface area contributed by atoms with E-state index in [1.165, 1.54) is 6.07 Å². The molecule has 1 aromatic heterocycles. The third-order valence-electron chi connectivity index (χ3n) is 2.99. The Bertz CT molecular complexity index is 768. The van der Waals surface area contributed by atoms with Gasteiger partial charge in [0.15, 0.2) is 0 Å². The molecule has 20 heavy (non-hydrogen) atoms. The summed E-state index contributed by atoms with van der Waals surface area (Å²) in [5.74, 6) is 0. The fraction of sp³-hybridized carbons (Fsp3) is 0.250. The van der Waals surface area contributed by atoms with Gasteiger partial charge in [0.1, 0.15) is 4.90 Å². The average Bonchev–Trinajstić information content (AvgIpc) is 2.55. The van der Waals surface area contributed by atoms with Crippen molar-refractivity contribution in [3.05, 3.63) is 34.1 Å². The number of nitrogens with one attached hydrogen (secondary N) is 1. The number of nitrogen functional groups attached to an aromatic ring is 1. The van der Waals surface area contributed by atoms with E-state index in [4.69, 9.17) is 5.73 Å². The molecule has 0 atom stereocenters. The number of rotatable bonds is 3. The number of halogens is 1. The molecule has 0 saturated carbocycles. The van der Waals surface area contributed by atoms with E-state index in [2.05, 4.69) is 25.8 Å². The number of anilines is 2. The Hall–Kier alpha value is -1.54. The zero-order chi connectivity index (χ0) is 15.1. The minimum Gasteiger partial charge on any atom is -0.399 e. The molecule has 6 nitrogen and oxygen atoms in total. The van der Waals surface area contributed by atoms with E-state index in [9.17, 15) is 8.42 Å². The van der Waals surface area contributed by atoms with Gasteiger partial charge in [-0.3, -0.25) is 9.40 Å². The molecule has 1 heterocycles. The molecular weight excluding hydrogens is 344 g/mol. The lowest BCUT2D eigenvalue weighted by Crippen LogP contribution is -2.15. The van der Waals surface area contributed by atoms with Crippen LogP contribution in [0.5, 0.6) is 0 Å². The third-order valence-corrected chi connectivity index (χ3v) is 5.32. The molecule has 2 rings (SSSR count). The molecule has 8 heteroatoms. The van der Waals surface area contributed by atoms with Gasteiger partial charge in [0.25, 0.3) is 10.0 Å². The lowest BCUT2D eigenvalue weighted by Gasteiger charge is -2.10. The number of nitrogens with two attached hydrogens (primary N) is 1. The number of aryl methyl sites for hydroxylation is 2. The van der Waals surface area contributed by atoms with Crippen LogP contribution in [0.25, 0.3) is 0 Å². The van der Waals surface area contributed by atoms with Crippen LogP contribution in [0.4, 0.5) is 11.4 Å². The van der Waals surface area contributed by atoms with Gasteiger partial charge in [0.2, 0.25) is 0 Å². The van der Waals surface area contributed by atoms with Crippen molar-refractivity contribution in [1.82, 2.24) is 9.78 Å². The van der Waals surface area contributed by atoms with Crippen molar-refractivity contribution in [3.8, 4) is 0 Å². The maximum absolute atomic E-state index is 12.4. The fourth-order valence-electron chi connectivity index (χ4n) is 1.85.